The maximum Gasteiger partial charge on any atom is 0.167 e. The van der Waals surface area contributed by atoms with Gasteiger partial charge in [0.25, 0.3) is 0 Å². The molecule has 0 radical (unpaired) electrons. The fraction of sp³-hybridized carbons (Fsp3) is 0.333. The largest absolute Gasteiger partial charge is 0.390 e. The zero-order valence-corrected chi connectivity index (χ0v) is 10.5. The highest BCUT2D eigenvalue weighted by Gasteiger charge is 2.05. The number of aryl methyl sites for hydroxylation is 1. The standard InChI is InChI=1S/C12H15N3OS/c1-15-11(9-16)8-14-12(15)17-6-4-10-3-2-5-13-7-10/h2-3,5,7-8,16H,4,6,9H2,1H3. The van der Waals surface area contributed by atoms with Gasteiger partial charge >= 0.3 is 0 Å². The lowest BCUT2D eigenvalue weighted by atomic mass is 10.2. The zero-order valence-electron chi connectivity index (χ0n) is 9.71. The van der Waals surface area contributed by atoms with Crippen molar-refractivity contribution in [1.29, 1.82) is 0 Å². The molecule has 17 heavy (non-hydrogen) atoms. The first kappa shape index (κ1) is 12.1. The summed E-state index contributed by atoms with van der Waals surface area (Å²) in [5, 5.41) is 10.00. The van der Waals surface area contributed by atoms with Crippen molar-refractivity contribution in [2.45, 2.75) is 18.2 Å². The summed E-state index contributed by atoms with van der Waals surface area (Å²) in [6.07, 6.45) is 6.35. The van der Waals surface area contributed by atoms with E-state index in [2.05, 4.69) is 16.0 Å². The van der Waals surface area contributed by atoms with Crippen molar-refractivity contribution in [3.63, 3.8) is 0 Å². The SMILES string of the molecule is Cn1c(CO)cnc1SCCc1cccnc1. The molecule has 0 amide bonds. The van der Waals surface area contributed by atoms with Crippen molar-refractivity contribution in [1.82, 2.24) is 14.5 Å². The number of hydrogen-bond donors (Lipinski definition) is 1. The Kier molecular flexibility index (Phi) is 4.17. The van der Waals surface area contributed by atoms with Crippen LogP contribution in [-0.2, 0) is 20.1 Å². The fourth-order valence-corrected chi connectivity index (χ4v) is 2.47. The molecule has 90 valence electrons. The molecule has 0 saturated carbocycles. The van der Waals surface area contributed by atoms with E-state index in [1.165, 1.54) is 5.56 Å². The van der Waals surface area contributed by atoms with Gasteiger partial charge in [-0.3, -0.25) is 4.98 Å². The Morgan fingerprint density at radius 2 is 2.29 bits per heavy atom. The minimum Gasteiger partial charge on any atom is -0.390 e. The van der Waals surface area contributed by atoms with Crippen molar-refractivity contribution < 1.29 is 5.11 Å². The van der Waals surface area contributed by atoms with Gasteiger partial charge in [-0.25, -0.2) is 4.98 Å². The summed E-state index contributed by atoms with van der Waals surface area (Å²) in [5.41, 5.74) is 2.07. The first-order valence-corrected chi connectivity index (χ1v) is 6.43. The summed E-state index contributed by atoms with van der Waals surface area (Å²) in [6.45, 7) is 0.0344. The predicted molar refractivity (Wildman–Crippen MR) is 67.8 cm³/mol. The van der Waals surface area contributed by atoms with Gasteiger partial charge in [-0.15, -0.1) is 0 Å². The molecule has 2 aromatic heterocycles. The highest BCUT2D eigenvalue weighted by molar-refractivity contribution is 7.99. The number of nitrogens with zero attached hydrogens (tertiary/aromatic N) is 3. The third kappa shape index (κ3) is 3.08. The predicted octanol–water partition coefficient (Wildman–Crippen LogP) is 1.64. The lowest BCUT2D eigenvalue weighted by Gasteiger charge is -2.03. The number of rotatable bonds is 5. The molecule has 0 bridgehead atoms. The van der Waals surface area contributed by atoms with Gasteiger partial charge in [0.05, 0.1) is 18.5 Å². The maximum absolute atomic E-state index is 9.06. The molecule has 0 fully saturated rings. The molecule has 0 spiro atoms. The molecule has 2 rings (SSSR count). The minimum absolute atomic E-state index is 0.0344. The Bertz CT molecular complexity index is 470. The van der Waals surface area contributed by atoms with Crippen molar-refractivity contribution in [3.05, 3.63) is 42.0 Å². The number of imidazole rings is 1. The molecule has 2 aromatic rings. The minimum atomic E-state index is 0.0344. The average Bonchev–Trinajstić information content (AvgIpc) is 2.72. The van der Waals surface area contributed by atoms with Gasteiger partial charge in [0.1, 0.15) is 0 Å². The fourth-order valence-electron chi connectivity index (χ4n) is 1.51. The van der Waals surface area contributed by atoms with Crippen LogP contribution in [0.15, 0.2) is 35.9 Å². The Hall–Kier alpha value is -1.33. The van der Waals surface area contributed by atoms with Crippen LogP contribution >= 0.6 is 11.8 Å². The van der Waals surface area contributed by atoms with Gasteiger partial charge in [-0.05, 0) is 18.1 Å². The first-order chi connectivity index (χ1) is 8.31. The normalized spacial score (nSPS) is 10.7. The molecule has 0 unspecified atom stereocenters. The summed E-state index contributed by atoms with van der Waals surface area (Å²) in [6, 6.07) is 4.02. The van der Waals surface area contributed by atoms with Gasteiger partial charge in [0.2, 0.25) is 0 Å². The molecule has 2 heterocycles. The third-order valence-electron chi connectivity index (χ3n) is 2.55. The molecule has 0 atom stereocenters. The first-order valence-electron chi connectivity index (χ1n) is 5.44. The average molecular weight is 249 g/mol. The topological polar surface area (TPSA) is 50.9 Å². The number of aliphatic hydroxyl groups excluding tert-OH is 1. The van der Waals surface area contributed by atoms with Gasteiger partial charge in [0, 0.05) is 25.2 Å². The second kappa shape index (κ2) is 5.84. The lowest BCUT2D eigenvalue weighted by Crippen LogP contribution is -1.98. The molecule has 4 nitrogen and oxygen atoms in total. The van der Waals surface area contributed by atoms with E-state index >= 15 is 0 Å². The van der Waals surface area contributed by atoms with E-state index in [0.717, 1.165) is 23.0 Å². The van der Waals surface area contributed by atoms with Gasteiger partial charge in [-0.2, -0.15) is 0 Å². The quantitative estimate of drug-likeness (QED) is 0.819. The molecule has 0 aromatic carbocycles. The van der Waals surface area contributed by atoms with E-state index in [1.54, 1.807) is 24.2 Å². The molecule has 1 N–H and O–H groups in total. The highest BCUT2D eigenvalue weighted by atomic mass is 32.2. The lowest BCUT2D eigenvalue weighted by molar-refractivity contribution is 0.271. The van der Waals surface area contributed by atoms with Crippen LogP contribution in [0.4, 0.5) is 0 Å². The number of hydrogen-bond acceptors (Lipinski definition) is 4. The van der Waals surface area contributed by atoms with E-state index < -0.39 is 0 Å². The monoisotopic (exact) mass is 249 g/mol. The number of thioether (sulfide) groups is 1. The van der Waals surface area contributed by atoms with Crippen LogP contribution in [0.25, 0.3) is 0 Å². The molecule has 0 saturated heterocycles. The third-order valence-corrected chi connectivity index (χ3v) is 3.59. The van der Waals surface area contributed by atoms with Crippen molar-refractivity contribution in [2.75, 3.05) is 5.75 Å². The Morgan fingerprint density at radius 1 is 1.41 bits per heavy atom. The number of aromatic nitrogens is 3. The summed E-state index contributed by atoms with van der Waals surface area (Å²) in [5.74, 6) is 0.960. The summed E-state index contributed by atoms with van der Waals surface area (Å²) < 4.78 is 1.92. The van der Waals surface area contributed by atoms with Crippen LogP contribution in [0.3, 0.4) is 0 Å². The molecule has 0 aliphatic carbocycles. The highest BCUT2D eigenvalue weighted by Crippen LogP contribution is 2.18. The zero-order chi connectivity index (χ0) is 12.1. The van der Waals surface area contributed by atoms with Crippen LogP contribution in [0.1, 0.15) is 11.3 Å². The van der Waals surface area contributed by atoms with Crippen molar-refractivity contribution in [2.24, 2.45) is 7.05 Å². The second-order valence-electron chi connectivity index (χ2n) is 3.71. The van der Waals surface area contributed by atoms with Crippen molar-refractivity contribution >= 4 is 11.8 Å². The molecule has 0 aliphatic rings. The van der Waals surface area contributed by atoms with E-state index in [4.69, 9.17) is 5.11 Å². The van der Waals surface area contributed by atoms with Crippen LogP contribution in [-0.4, -0.2) is 25.4 Å². The van der Waals surface area contributed by atoms with Gasteiger partial charge < -0.3 is 9.67 Å². The summed E-state index contributed by atoms with van der Waals surface area (Å²) in [4.78, 5) is 8.35. The van der Waals surface area contributed by atoms with Gasteiger partial charge in [-0.1, -0.05) is 17.8 Å². The number of pyridine rings is 1. The van der Waals surface area contributed by atoms with Crippen LogP contribution in [0.5, 0.6) is 0 Å². The van der Waals surface area contributed by atoms with E-state index in [9.17, 15) is 0 Å². The molecular weight excluding hydrogens is 234 g/mol. The van der Waals surface area contributed by atoms with Crippen LogP contribution in [0, 0.1) is 0 Å². The Balaban J connectivity index is 1.88. The molecule has 5 heteroatoms. The van der Waals surface area contributed by atoms with Crippen LogP contribution in [0.2, 0.25) is 0 Å². The maximum atomic E-state index is 9.06. The Labute approximate surface area is 105 Å². The number of aliphatic hydroxyl groups is 1. The molecular formula is C12H15N3OS. The Morgan fingerprint density at radius 3 is 2.94 bits per heavy atom. The van der Waals surface area contributed by atoms with E-state index in [0.29, 0.717) is 0 Å². The smallest absolute Gasteiger partial charge is 0.167 e. The van der Waals surface area contributed by atoms with Crippen molar-refractivity contribution in [3.8, 4) is 0 Å². The van der Waals surface area contributed by atoms with Crippen LogP contribution < -0.4 is 0 Å². The summed E-state index contributed by atoms with van der Waals surface area (Å²) in [7, 11) is 1.92. The van der Waals surface area contributed by atoms with E-state index in [-0.39, 0.29) is 6.61 Å². The molecule has 0 aliphatic heterocycles. The second-order valence-corrected chi connectivity index (χ2v) is 4.77. The summed E-state index contributed by atoms with van der Waals surface area (Å²) >= 11 is 1.69. The van der Waals surface area contributed by atoms with E-state index in [1.807, 2.05) is 23.9 Å². The van der Waals surface area contributed by atoms with Gasteiger partial charge in [0.15, 0.2) is 5.16 Å².